The molecule has 1 aromatic rings. The number of rotatable bonds is 0. The Labute approximate surface area is 72.9 Å². The molecule has 3 nitrogen and oxygen atoms in total. The van der Waals surface area contributed by atoms with E-state index in [1.165, 1.54) is 4.90 Å². The Morgan fingerprint density at radius 2 is 2.50 bits per heavy atom. The lowest BCUT2D eigenvalue weighted by Crippen LogP contribution is -2.34. The first-order valence-electron chi connectivity index (χ1n) is 3.52. The number of carbonyl (C=O) groups is 1. The molecule has 0 aromatic carbocycles. The smallest absolute Gasteiger partial charge is 0.411 e. The van der Waals surface area contributed by atoms with Gasteiger partial charge in [0.2, 0.25) is 0 Å². The standard InChI is InChI=1S/C8H7NO2S/c10-8(11)9-3-1-7-6(5-9)2-4-12-7/h1-2,4-5H,3H2,(H,10,11). The highest BCUT2D eigenvalue weighted by molar-refractivity contribution is 7.07. The van der Waals surface area contributed by atoms with Gasteiger partial charge >= 0.3 is 6.09 Å². The number of nitrogens with zero attached hydrogens (tertiary/aromatic N) is 1. The minimum Gasteiger partial charge on any atom is -0.465 e. The third-order valence-electron chi connectivity index (χ3n) is 1.74. The fourth-order valence-corrected chi connectivity index (χ4v) is 1.93. The van der Waals surface area contributed by atoms with Gasteiger partial charge in [-0.3, -0.25) is 4.90 Å². The SMILES string of the molecule is O=C(O)N1C=c2ccsc2=CC1. The normalized spacial score (nSPS) is 14.5. The maximum Gasteiger partial charge on any atom is 0.411 e. The highest BCUT2D eigenvalue weighted by atomic mass is 32.1. The maximum atomic E-state index is 10.6. The fraction of sp³-hybridized carbons (Fsp3) is 0.125. The summed E-state index contributed by atoms with van der Waals surface area (Å²) in [4.78, 5) is 11.8. The molecule has 1 aromatic heterocycles. The van der Waals surface area contributed by atoms with Crippen molar-refractivity contribution < 1.29 is 9.90 Å². The average Bonchev–Trinajstić information content (AvgIpc) is 2.49. The second-order valence-corrected chi connectivity index (χ2v) is 3.46. The van der Waals surface area contributed by atoms with Crippen LogP contribution in [0.1, 0.15) is 0 Å². The molecule has 2 heterocycles. The van der Waals surface area contributed by atoms with Gasteiger partial charge in [0.1, 0.15) is 0 Å². The van der Waals surface area contributed by atoms with Crippen LogP contribution in [0.3, 0.4) is 0 Å². The largest absolute Gasteiger partial charge is 0.465 e. The molecule has 4 heteroatoms. The van der Waals surface area contributed by atoms with Crippen molar-refractivity contribution in [1.29, 1.82) is 0 Å². The van der Waals surface area contributed by atoms with E-state index in [2.05, 4.69) is 0 Å². The number of amides is 1. The van der Waals surface area contributed by atoms with E-state index in [9.17, 15) is 4.79 Å². The molecule has 0 unspecified atom stereocenters. The highest BCUT2D eigenvalue weighted by Gasteiger charge is 2.09. The molecular weight excluding hydrogens is 174 g/mol. The zero-order chi connectivity index (χ0) is 8.55. The van der Waals surface area contributed by atoms with Gasteiger partial charge < -0.3 is 5.11 Å². The molecule has 0 radical (unpaired) electrons. The number of carboxylic acid groups (broad SMARTS) is 1. The van der Waals surface area contributed by atoms with E-state index >= 15 is 0 Å². The summed E-state index contributed by atoms with van der Waals surface area (Å²) >= 11 is 1.63. The molecule has 0 saturated heterocycles. The zero-order valence-corrected chi connectivity index (χ0v) is 7.04. The van der Waals surface area contributed by atoms with Crippen molar-refractivity contribution in [2.75, 3.05) is 6.54 Å². The lowest BCUT2D eigenvalue weighted by molar-refractivity contribution is 0.171. The lowest BCUT2D eigenvalue weighted by Gasteiger charge is -2.13. The Morgan fingerprint density at radius 3 is 3.25 bits per heavy atom. The molecule has 2 rings (SSSR count). The third kappa shape index (κ3) is 1.10. The molecule has 0 saturated carbocycles. The average molecular weight is 181 g/mol. The monoisotopic (exact) mass is 181 g/mol. The molecule has 1 aliphatic rings. The van der Waals surface area contributed by atoms with E-state index in [4.69, 9.17) is 5.11 Å². The summed E-state index contributed by atoms with van der Waals surface area (Å²) in [6.45, 7) is 0.461. The molecule has 12 heavy (non-hydrogen) atoms. The van der Waals surface area contributed by atoms with Crippen LogP contribution in [0, 0.1) is 0 Å². The van der Waals surface area contributed by atoms with E-state index in [1.54, 1.807) is 17.5 Å². The molecule has 1 aliphatic heterocycles. The van der Waals surface area contributed by atoms with Crippen LogP contribution in [-0.2, 0) is 0 Å². The summed E-state index contributed by atoms with van der Waals surface area (Å²) in [5.74, 6) is 0. The van der Waals surface area contributed by atoms with Gasteiger partial charge in [-0.15, -0.1) is 11.3 Å². The van der Waals surface area contributed by atoms with E-state index in [1.807, 2.05) is 17.5 Å². The van der Waals surface area contributed by atoms with E-state index in [0.29, 0.717) is 6.54 Å². The van der Waals surface area contributed by atoms with Crippen LogP contribution in [0.2, 0.25) is 0 Å². The molecule has 0 fully saturated rings. The van der Waals surface area contributed by atoms with Crippen LogP contribution >= 0.6 is 11.3 Å². The Bertz CT molecular complexity index is 421. The first kappa shape index (κ1) is 7.36. The first-order chi connectivity index (χ1) is 5.77. The van der Waals surface area contributed by atoms with Gasteiger partial charge in [-0.1, -0.05) is 0 Å². The molecule has 0 spiro atoms. The summed E-state index contributed by atoms with van der Waals surface area (Å²) in [6, 6.07) is 1.92. The van der Waals surface area contributed by atoms with E-state index in [-0.39, 0.29) is 0 Å². The maximum absolute atomic E-state index is 10.6. The third-order valence-corrected chi connectivity index (χ3v) is 2.67. The van der Waals surface area contributed by atoms with Crippen LogP contribution in [0.25, 0.3) is 12.3 Å². The summed E-state index contributed by atoms with van der Waals surface area (Å²) in [7, 11) is 0. The topological polar surface area (TPSA) is 40.5 Å². The first-order valence-corrected chi connectivity index (χ1v) is 4.40. The second-order valence-electron chi connectivity index (χ2n) is 2.51. The summed E-state index contributed by atoms with van der Waals surface area (Å²) in [5.41, 5.74) is 0. The minimum atomic E-state index is -0.900. The molecule has 1 amide bonds. The quantitative estimate of drug-likeness (QED) is 0.623. The van der Waals surface area contributed by atoms with Crippen molar-refractivity contribution in [2.24, 2.45) is 0 Å². The Hall–Kier alpha value is -1.29. The molecule has 0 aliphatic carbocycles. The zero-order valence-electron chi connectivity index (χ0n) is 6.23. The fourth-order valence-electron chi connectivity index (χ4n) is 1.14. The van der Waals surface area contributed by atoms with E-state index in [0.717, 1.165) is 9.75 Å². The molecular formula is C8H7NO2S. The predicted molar refractivity (Wildman–Crippen MR) is 47.2 cm³/mol. The highest BCUT2D eigenvalue weighted by Crippen LogP contribution is 1.95. The summed E-state index contributed by atoms with van der Waals surface area (Å²) in [5, 5.41) is 11.6. The predicted octanol–water partition coefficient (Wildman–Crippen LogP) is 0.260. The van der Waals surface area contributed by atoms with Gasteiger partial charge in [-0.05, 0) is 17.5 Å². The van der Waals surface area contributed by atoms with Crippen molar-refractivity contribution in [2.45, 2.75) is 0 Å². The van der Waals surface area contributed by atoms with Gasteiger partial charge in [0, 0.05) is 22.5 Å². The van der Waals surface area contributed by atoms with Crippen LogP contribution in [-0.4, -0.2) is 22.6 Å². The molecule has 0 bridgehead atoms. The number of thiophene rings is 1. The van der Waals surface area contributed by atoms with E-state index < -0.39 is 6.09 Å². The van der Waals surface area contributed by atoms with Gasteiger partial charge in [0.05, 0.1) is 0 Å². The van der Waals surface area contributed by atoms with Crippen LogP contribution in [0.5, 0.6) is 0 Å². The minimum absolute atomic E-state index is 0.461. The Kier molecular flexibility index (Phi) is 1.62. The number of hydrogen-bond acceptors (Lipinski definition) is 2. The van der Waals surface area contributed by atoms with Crippen molar-refractivity contribution in [3.05, 3.63) is 21.2 Å². The summed E-state index contributed by atoms with van der Waals surface area (Å²) < 4.78 is 1.16. The number of hydrogen-bond donors (Lipinski definition) is 1. The van der Waals surface area contributed by atoms with Crippen LogP contribution in [0.4, 0.5) is 4.79 Å². The van der Waals surface area contributed by atoms with Crippen molar-refractivity contribution in [3.8, 4) is 0 Å². The molecule has 62 valence electrons. The van der Waals surface area contributed by atoms with Crippen LogP contribution in [0.15, 0.2) is 11.4 Å². The van der Waals surface area contributed by atoms with Gasteiger partial charge in [-0.25, -0.2) is 4.79 Å². The van der Waals surface area contributed by atoms with Gasteiger partial charge in [-0.2, -0.15) is 0 Å². The van der Waals surface area contributed by atoms with Crippen molar-refractivity contribution in [1.82, 2.24) is 4.90 Å². The summed E-state index contributed by atoms with van der Waals surface area (Å²) in [6.07, 6.45) is 2.69. The Morgan fingerprint density at radius 1 is 1.67 bits per heavy atom. The Balaban J connectivity index is 2.52. The lowest BCUT2D eigenvalue weighted by atomic mass is 10.3. The molecule has 1 N–H and O–H groups in total. The number of fused-ring (bicyclic) bond motifs is 1. The van der Waals surface area contributed by atoms with Gasteiger partial charge in [0.25, 0.3) is 0 Å². The van der Waals surface area contributed by atoms with Gasteiger partial charge in [0.15, 0.2) is 0 Å². The van der Waals surface area contributed by atoms with Crippen molar-refractivity contribution in [3.63, 3.8) is 0 Å². The van der Waals surface area contributed by atoms with Crippen molar-refractivity contribution >= 4 is 29.7 Å². The second kappa shape index (κ2) is 2.64. The van der Waals surface area contributed by atoms with Crippen LogP contribution < -0.4 is 9.75 Å². The molecule has 0 atom stereocenters.